The Morgan fingerprint density at radius 3 is 2.61 bits per heavy atom. The summed E-state index contributed by atoms with van der Waals surface area (Å²) >= 11 is 0. The lowest BCUT2D eigenvalue weighted by Crippen LogP contribution is -2.66. The van der Waals surface area contributed by atoms with Crippen LogP contribution in [0.4, 0.5) is 10.1 Å². The van der Waals surface area contributed by atoms with Gasteiger partial charge in [-0.25, -0.2) is 4.39 Å². The Morgan fingerprint density at radius 2 is 1.92 bits per heavy atom. The Labute approximate surface area is 211 Å². The minimum atomic E-state index is -1.12. The molecule has 0 bridgehead atoms. The minimum absolute atomic E-state index is 0.122. The molecule has 8 nitrogen and oxygen atoms in total. The van der Waals surface area contributed by atoms with E-state index in [9.17, 15) is 18.8 Å². The second-order valence-electron chi connectivity index (χ2n) is 10.7. The molecule has 1 aromatic carbocycles. The maximum absolute atomic E-state index is 14.3. The highest BCUT2D eigenvalue weighted by atomic mass is 19.1. The number of nitrogens with zero attached hydrogens (tertiary/aromatic N) is 3. The highest BCUT2D eigenvalue weighted by molar-refractivity contribution is 6.14. The smallest absolute Gasteiger partial charge is 0.273 e. The third-order valence-electron chi connectivity index (χ3n) is 8.31. The van der Waals surface area contributed by atoms with E-state index >= 15 is 0 Å². The zero-order valence-corrected chi connectivity index (χ0v) is 21.4. The van der Waals surface area contributed by atoms with Crippen LogP contribution in [0.2, 0.25) is 0 Å². The number of carbonyl (C=O) groups excluding carboxylic acids is 3. The van der Waals surface area contributed by atoms with E-state index in [1.165, 1.54) is 19.1 Å². The lowest BCUT2D eigenvalue weighted by Gasteiger charge is -2.46. The fourth-order valence-electron chi connectivity index (χ4n) is 6.38. The third kappa shape index (κ3) is 4.17. The number of amides is 3. The Morgan fingerprint density at radius 1 is 1.17 bits per heavy atom. The van der Waals surface area contributed by atoms with Gasteiger partial charge in [-0.2, -0.15) is 0 Å². The first-order valence-corrected chi connectivity index (χ1v) is 13.2. The van der Waals surface area contributed by atoms with Gasteiger partial charge >= 0.3 is 0 Å². The number of aromatic nitrogens is 1. The van der Waals surface area contributed by atoms with Gasteiger partial charge in [-0.05, 0) is 63.9 Å². The number of fused-ring (bicyclic) bond motifs is 3. The molecule has 5 rings (SSSR count). The van der Waals surface area contributed by atoms with Crippen molar-refractivity contribution in [1.82, 2.24) is 19.7 Å². The van der Waals surface area contributed by atoms with Crippen molar-refractivity contribution < 1.29 is 18.8 Å². The lowest BCUT2D eigenvalue weighted by molar-refractivity contribution is -0.134. The Hall–Kier alpha value is -2.94. The second-order valence-corrected chi connectivity index (χ2v) is 10.7. The molecule has 2 unspecified atom stereocenters. The first kappa shape index (κ1) is 24.7. The molecular formula is C27H36FN5O3. The van der Waals surface area contributed by atoms with E-state index in [0.29, 0.717) is 28.8 Å². The molecule has 0 radical (unpaired) electrons. The summed E-state index contributed by atoms with van der Waals surface area (Å²) in [6, 6.07) is 4.59. The summed E-state index contributed by atoms with van der Waals surface area (Å²) in [7, 11) is 0. The largest absolute Gasteiger partial charge is 0.351 e. The zero-order valence-electron chi connectivity index (χ0n) is 21.4. The second kappa shape index (κ2) is 9.50. The van der Waals surface area contributed by atoms with Crippen molar-refractivity contribution in [3.8, 4) is 0 Å². The highest BCUT2D eigenvalue weighted by Crippen LogP contribution is 2.40. The van der Waals surface area contributed by atoms with Crippen LogP contribution in [0, 0.1) is 5.82 Å². The van der Waals surface area contributed by atoms with Crippen LogP contribution in [0.25, 0.3) is 10.9 Å². The fraction of sp³-hybridized carbons (Fsp3) is 0.593. The number of benzene rings is 1. The summed E-state index contributed by atoms with van der Waals surface area (Å²) in [5.74, 6) is -1.25. The van der Waals surface area contributed by atoms with Crippen molar-refractivity contribution in [2.45, 2.75) is 83.5 Å². The van der Waals surface area contributed by atoms with Crippen LogP contribution in [-0.2, 0) is 16.1 Å². The number of hydrogen-bond donors (Lipinski definition) is 2. The normalized spacial score (nSPS) is 24.9. The maximum atomic E-state index is 14.3. The third-order valence-corrected chi connectivity index (χ3v) is 8.31. The van der Waals surface area contributed by atoms with Gasteiger partial charge in [-0.15, -0.1) is 0 Å². The summed E-state index contributed by atoms with van der Waals surface area (Å²) in [6.07, 6.45) is 6.11. The molecule has 2 atom stereocenters. The number of halogens is 1. The van der Waals surface area contributed by atoms with Crippen LogP contribution in [0.5, 0.6) is 0 Å². The Kier molecular flexibility index (Phi) is 6.53. The van der Waals surface area contributed by atoms with Gasteiger partial charge in [0.15, 0.2) is 0 Å². The molecule has 3 heterocycles. The van der Waals surface area contributed by atoms with Crippen molar-refractivity contribution in [3.05, 3.63) is 29.7 Å². The number of likely N-dealkylation sites (tertiary alicyclic amines) is 1. The van der Waals surface area contributed by atoms with Crippen LogP contribution in [-0.4, -0.2) is 69.3 Å². The molecule has 9 heteroatoms. The number of carbonyl (C=O) groups is 3. The quantitative estimate of drug-likeness (QED) is 0.640. The fourth-order valence-corrected chi connectivity index (χ4v) is 6.38. The van der Waals surface area contributed by atoms with Gasteiger partial charge in [0.1, 0.15) is 17.1 Å². The molecule has 194 valence electrons. The van der Waals surface area contributed by atoms with Gasteiger partial charge in [-0.3, -0.25) is 19.3 Å². The molecule has 1 aliphatic carbocycles. The summed E-state index contributed by atoms with van der Waals surface area (Å²) in [6.45, 7) is 7.85. The average Bonchev–Trinajstić information content (AvgIpc) is 3.57. The molecule has 2 aromatic rings. The predicted octanol–water partition coefficient (Wildman–Crippen LogP) is 3.50. The molecular weight excluding hydrogens is 461 g/mol. The van der Waals surface area contributed by atoms with Crippen LogP contribution >= 0.6 is 0 Å². The Balaban J connectivity index is 1.62. The minimum Gasteiger partial charge on any atom is -0.351 e. The van der Waals surface area contributed by atoms with Gasteiger partial charge in [0.2, 0.25) is 11.8 Å². The van der Waals surface area contributed by atoms with Crippen molar-refractivity contribution >= 4 is 34.3 Å². The zero-order chi connectivity index (χ0) is 25.6. The Bertz CT molecular complexity index is 1200. The van der Waals surface area contributed by atoms with Crippen LogP contribution in [0.3, 0.4) is 0 Å². The molecule has 1 aromatic heterocycles. The van der Waals surface area contributed by atoms with Crippen LogP contribution in [0.1, 0.15) is 69.8 Å². The molecule has 2 aliphatic heterocycles. The van der Waals surface area contributed by atoms with Crippen LogP contribution in [0.15, 0.2) is 18.2 Å². The monoisotopic (exact) mass is 497 g/mol. The number of rotatable bonds is 6. The molecule has 3 aliphatic rings. The molecule has 0 spiro atoms. The number of nitrogens with one attached hydrogen (secondary N) is 2. The van der Waals surface area contributed by atoms with Gasteiger partial charge in [0.05, 0.1) is 17.7 Å². The van der Waals surface area contributed by atoms with Crippen molar-refractivity contribution in [2.24, 2.45) is 0 Å². The molecule has 2 fully saturated rings. The SMILES string of the molecule is CCN1CCCC1CN1C(=O)c2c(NC(C)=O)c3cc(F)ccc3n2CC1(C)C(=O)NC1CCCC1. The van der Waals surface area contributed by atoms with E-state index in [2.05, 4.69) is 22.5 Å². The molecule has 2 N–H and O–H groups in total. The summed E-state index contributed by atoms with van der Waals surface area (Å²) in [5, 5.41) is 6.47. The van der Waals surface area contributed by atoms with Crippen molar-refractivity contribution in [2.75, 3.05) is 25.0 Å². The maximum Gasteiger partial charge on any atom is 0.273 e. The molecule has 1 saturated carbocycles. The number of likely N-dealkylation sites (N-methyl/N-ethyl adjacent to an activating group) is 1. The van der Waals surface area contributed by atoms with Gasteiger partial charge in [-0.1, -0.05) is 19.8 Å². The van der Waals surface area contributed by atoms with E-state index < -0.39 is 11.4 Å². The molecule has 36 heavy (non-hydrogen) atoms. The van der Waals surface area contributed by atoms with Gasteiger partial charge in [0.25, 0.3) is 5.91 Å². The lowest BCUT2D eigenvalue weighted by atomic mass is 9.93. The first-order valence-electron chi connectivity index (χ1n) is 13.2. The number of hydrogen-bond acceptors (Lipinski definition) is 4. The predicted molar refractivity (Wildman–Crippen MR) is 136 cm³/mol. The van der Waals surface area contributed by atoms with E-state index in [-0.39, 0.29) is 36.3 Å². The first-order chi connectivity index (χ1) is 17.2. The van der Waals surface area contributed by atoms with Crippen molar-refractivity contribution in [3.63, 3.8) is 0 Å². The number of anilines is 1. The van der Waals surface area contributed by atoms with Gasteiger partial charge in [0, 0.05) is 30.9 Å². The van der Waals surface area contributed by atoms with E-state index in [1.54, 1.807) is 15.5 Å². The van der Waals surface area contributed by atoms with Crippen molar-refractivity contribution in [1.29, 1.82) is 0 Å². The van der Waals surface area contributed by atoms with Gasteiger partial charge < -0.3 is 20.1 Å². The average molecular weight is 498 g/mol. The highest BCUT2D eigenvalue weighted by Gasteiger charge is 2.50. The summed E-state index contributed by atoms with van der Waals surface area (Å²) in [4.78, 5) is 44.3. The molecule has 3 amide bonds. The van der Waals surface area contributed by atoms with E-state index in [4.69, 9.17) is 0 Å². The summed E-state index contributed by atoms with van der Waals surface area (Å²) < 4.78 is 16.1. The van der Waals surface area contributed by atoms with Crippen LogP contribution < -0.4 is 10.6 Å². The van der Waals surface area contributed by atoms with E-state index in [1.807, 2.05) is 6.92 Å². The molecule has 1 saturated heterocycles. The van der Waals surface area contributed by atoms with E-state index in [0.717, 1.165) is 51.6 Å². The topological polar surface area (TPSA) is 86.7 Å². The summed E-state index contributed by atoms with van der Waals surface area (Å²) in [5.41, 5.74) is 0.115. The standard InChI is InChI=1S/C27H36FN5O3/c1-4-31-13-7-10-20(31)15-33-25(35)24-23(29-17(2)34)21-14-18(28)11-12-22(21)32(24)16-27(33,3)26(36)30-19-8-5-6-9-19/h11-12,14,19-20H,4-10,13,15-16H2,1-3H3,(H,29,34)(H,30,36).